The topological polar surface area (TPSA) is 67.1 Å². The summed E-state index contributed by atoms with van der Waals surface area (Å²) in [4.78, 5) is 9.13. The lowest BCUT2D eigenvalue weighted by molar-refractivity contribution is 0.499. The monoisotopic (exact) mass is 388 g/mol. The van der Waals surface area contributed by atoms with Gasteiger partial charge in [-0.25, -0.2) is 4.98 Å². The summed E-state index contributed by atoms with van der Waals surface area (Å²) >= 11 is 1.70. The van der Waals surface area contributed by atoms with Crippen LogP contribution in [0, 0.1) is 0 Å². The second-order valence-electron chi connectivity index (χ2n) is 8.56. The van der Waals surface area contributed by atoms with Crippen LogP contribution >= 0.6 is 11.3 Å². The number of guanidine groups is 1. The van der Waals surface area contributed by atoms with Gasteiger partial charge in [0.05, 0.1) is 17.9 Å². The van der Waals surface area contributed by atoms with E-state index >= 15 is 0 Å². The Hall–Kier alpha value is -1.89. The molecule has 1 aliphatic rings. The van der Waals surface area contributed by atoms with Crippen molar-refractivity contribution in [1.29, 1.82) is 0 Å². The lowest BCUT2D eigenvalue weighted by Crippen LogP contribution is -2.45. The molecule has 0 saturated heterocycles. The molecule has 0 saturated carbocycles. The molecule has 1 unspecified atom stereocenters. The number of aryl methyl sites for hydroxylation is 1. The molecule has 6 nitrogen and oxygen atoms in total. The average Bonchev–Trinajstić information content (AvgIpc) is 3.24. The molecule has 0 aliphatic heterocycles. The average molecular weight is 389 g/mol. The van der Waals surface area contributed by atoms with Crippen molar-refractivity contribution in [2.24, 2.45) is 4.99 Å². The molecule has 7 heteroatoms. The molecule has 27 heavy (non-hydrogen) atoms. The van der Waals surface area contributed by atoms with Crippen molar-refractivity contribution < 1.29 is 0 Å². The minimum Gasteiger partial charge on any atom is -0.353 e. The van der Waals surface area contributed by atoms with Crippen molar-refractivity contribution in [2.75, 3.05) is 7.05 Å². The second-order valence-corrected chi connectivity index (χ2v) is 9.50. The third-order valence-electron chi connectivity index (χ3n) is 4.92. The van der Waals surface area contributed by atoms with E-state index in [0.29, 0.717) is 18.6 Å². The standard InChI is InChI=1S/C20H32N6S/c1-13(2)26-11-14-7-8-15(9-16(14)25-26)23-19(21-6)22-10-18-24-17(12-27-18)20(3,4)5/h11-13,15H,7-10H2,1-6H3,(H2,21,22,23). The van der Waals surface area contributed by atoms with Crippen LogP contribution < -0.4 is 10.6 Å². The van der Waals surface area contributed by atoms with Crippen LogP contribution in [0.2, 0.25) is 0 Å². The molecule has 0 fully saturated rings. The van der Waals surface area contributed by atoms with Crippen LogP contribution in [-0.2, 0) is 24.8 Å². The van der Waals surface area contributed by atoms with Gasteiger partial charge in [-0.2, -0.15) is 5.10 Å². The molecule has 2 N–H and O–H groups in total. The Morgan fingerprint density at radius 2 is 2.19 bits per heavy atom. The van der Waals surface area contributed by atoms with Crippen LogP contribution in [0.25, 0.3) is 0 Å². The summed E-state index contributed by atoms with van der Waals surface area (Å²) in [7, 11) is 1.82. The molecule has 0 bridgehead atoms. The predicted octanol–water partition coefficient (Wildman–Crippen LogP) is 3.44. The molecule has 148 valence electrons. The predicted molar refractivity (Wildman–Crippen MR) is 113 cm³/mol. The smallest absolute Gasteiger partial charge is 0.191 e. The van der Waals surface area contributed by atoms with Gasteiger partial charge in [0, 0.05) is 42.5 Å². The van der Waals surface area contributed by atoms with E-state index in [2.05, 4.69) is 66.5 Å². The highest BCUT2D eigenvalue weighted by molar-refractivity contribution is 7.09. The molecule has 1 aliphatic carbocycles. The Morgan fingerprint density at radius 3 is 2.81 bits per heavy atom. The van der Waals surface area contributed by atoms with Gasteiger partial charge in [-0.1, -0.05) is 20.8 Å². The van der Waals surface area contributed by atoms with E-state index in [-0.39, 0.29) is 5.41 Å². The van der Waals surface area contributed by atoms with E-state index in [1.54, 1.807) is 11.3 Å². The first-order chi connectivity index (χ1) is 12.8. The Morgan fingerprint density at radius 1 is 1.41 bits per heavy atom. The number of aliphatic imine (C=N–C) groups is 1. The van der Waals surface area contributed by atoms with Crippen LogP contribution in [-0.4, -0.2) is 33.8 Å². The first kappa shape index (κ1) is 19.9. The zero-order valence-electron chi connectivity index (χ0n) is 17.3. The largest absolute Gasteiger partial charge is 0.353 e. The fourth-order valence-corrected chi connectivity index (χ4v) is 4.14. The number of hydrogen-bond acceptors (Lipinski definition) is 4. The van der Waals surface area contributed by atoms with Gasteiger partial charge in [0.1, 0.15) is 5.01 Å². The third kappa shape index (κ3) is 4.89. The van der Waals surface area contributed by atoms with Crippen molar-refractivity contribution in [3.8, 4) is 0 Å². The van der Waals surface area contributed by atoms with E-state index in [0.717, 1.165) is 35.9 Å². The molecule has 0 radical (unpaired) electrons. The summed E-state index contributed by atoms with van der Waals surface area (Å²) in [6.07, 6.45) is 5.32. The van der Waals surface area contributed by atoms with Gasteiger partial charge in [0.2, 0.25) is 0 Å². The van der Waals surface area contributed by atoms with E-state index in [9.17, 15) is 0 Å². The van der Waals surface area contributed by atoms with E-state index in [1.807, 2.05) is 7.05 Å². The molecule has 2 heterocycles. The second kappa shape index (κ2) is 8.00. The zero-order valence-corrected chi connectivity index (χ0v) is 18.2. The Labute approximate surface area is 166 Å². The van der Waals surface area contributed by atoms with E-state index in [1.165, 1.54) is 11.3 Å². The van der Waals surface area contributed by atoms with E-state index < -0.39 is 0 Å². The summed E-state index contributed by atoms with van der Waals surface area (Å²) in [5.74, 6) is 0.833. The fraction of sp³-hybridized carbons (Fsp3) is 0.650. The first-order valence-electron chi connectivity index (χ1n) is 9.75. The normalized spacial score (nSPS) is 17.9. The minimum absolute atomic E-state index is 0.0911. The third-order valence-corrected chi connectivity index (χ3v) is 5.77. The number of thiazole rings is 1. The van der Waals surface area contributed by atoms with Crippen LogP contribution in [0.5, 0.6) is 0 Å². The summed E-state index contributed by atoms with van der Waals surface area (Å²) in [6, 6.07) is 0.772. The number of hydrogen-bond donors (Lipinski definition) is 2. The lowest BCUT2D eigenvalue weighted by Gasteiger charge is -2.24. The van der Waals surface area contributed by atoms with Gasteiger partial charge in [-0.05, 0) is 32.3 Å². The van der Waals surface area contributed by atoms with Crippen LogP contribution in [0.4, 0.5) is 0 Å². The molecular weight excluding hydrogens is 356 g/mol. The van der Waals surface area contributed by atoms with Crippen LogP contribution in [0.15, 0.2) is 16.6 Å². The summed E-state index contributed by atoms with van der Waals surface area (Å²) in [5, 5.41) is 15.0. The summed E-state index contributed by atoms with van der Waals surface area (Å²) in [6.45, 7) is 11.6. The maximum Gasteiger partial charge on any atom is 0.191 e. The molecule has 0 aromatic carbocycles. The Bertz CT molecular complexity index is 796. The zero-order chi connectivity index (χ0) is 19.6. The quantitative estimate of drug-likeness (QED) is 0.622. The Kier molecular flexibility index (Phi) is 5.89. The number of nitrogens with zero attached hydrogens (tertiary/aromatic N) is 4. The number of aromatic nitrogens is 3. The minimum atomic E-state index is 0.0911. The molecule has 1 atom stereocenters. The highest BCUT2D eigenvalue weighted by Gasteiger charge is 2.23. The molecule has 2 aromatic heterocycles. The summed E-state index contributed by atoms with van der Waals surface area (Å²) < 4.78 is 2.08. The van der Waals surface area contributed by atoms with Crippen molar-refractivity contribution >= 4 is 17.3 Å². The van der Waals surface area contributed by atoms with Crippen LogP contribution in [0.3, 0.4) is 0 Å². The molecule has 0 spiro atoms. The fourth-order valence-electron chi connectivity index (χ4n) is 3.18. The van der Waals surface area contributed by atoms with Gasteiger partial charge in [0.15, 0.2) is 5.96 Å². The number of rotatable bonds is 4. The molecular formula is C20H32N6S. The van der Waals surface area contributed by atoms with Crippen LogP contribution in [0.1, 0.15) is 69.0 Å². The number of fused-ring (bicyclic) bond motifs is 1. The maximum absolute atomic E-state index is 4.76. The summed E-state index contributed by atoms with van der Waals surface area (Å²) in [5.41, 5.74) is 3.85. The molecule has 0 amide bonds. The van der Waals surface area contributed by atoms with Crippen molar-refractivity contribution in [1.82, 2.24) is 25.4 Å². The van der Waals surface area contributed by atoms with Gasteiger partial charge in [0.25, 0.3) is 0 Å². The van der Waals surface area contributed by atoms with Crippen molar-refractivity contribution in [3.05, 3.63) is 33.5 Å². The van der Waals surface area contributed by atoms with Gasteiger partial charge >= 0.3 is 0 Å². The molecule has 2 aromatic rings. The Balaban J connectivity index is 1.55. The number of nitrogens with one attached hydrogen (secondary N) is 2. The van der Waals surface area contributed by atoms with E-state index in [4.69, 9.17) is 10.1 Å². The maximum atomic E-state index is 4.76. The highest BCUT2D eigenvalue weighted by Crippen LogP contribution is 2.24. The SMILES string of the molecule is CN=C(NCc1nc(C(C)(C)C)cs1)NC1CCc2cn(C(C)C)nc2C1. The molecule has 3 rings (SSSR count). The van der Waals surface area contributed by atoms with Gasteiger partial charge < -0.3 is 10.6 Å². The van der Waals surface area contributed by atoms with Gasteiger partial charge in [-0.15, -0.1) is 11.3 Å². The first-order valence-corrected chi connectivity index (χ1v) is 10.6. The van der Waals surface area contributed by atoms with Crippen molar-refractivity contribution in [3.63, 3.8) is 0 Å². The van der Waals surface area contributed by atoms with Crippen molar-refractivity contribution in [2.45, 2.75) is 77.9 Å². The lowest BCUT2D eigenvalue weighted by atomic mass is 9.93. The van der Waals surface area contributed by atoms with Gasteiger partial charge in [-0.3, -0.25) is 9.67 Å². The highest BCUT2D eigenvalue weighted by atomic mass is 32.1.